The number of rotatable bonds is 5. The molecule has 6 nitrogen and oxygen atoms in total. The van der Waals surface area contributed by atoms with Gasteiger partial charge in [-0.3, -0.25) is 4.79 Å². The van der Waals surface area contributed by atoms with Crippen molar-refractivity contribution in [2.24, 2.45) is 5.92 Å². The van der Waals surface area contributed by atoms with Gasteiger partial charge in [0.05, 0.1) is 12.9 Å². The molecule has 0 aromatic heterocycles. The fraction of sp³-hybridized carbons (Fsp3) is 0.579. The molecule has 1 aromatic rings. The Balaban J connectivity index is 2.20. The minimum atomic E-state index is -0.782. The van der Waals surface area contributed by atoms with E-state index in [-0.39, 0.29) is 17.0 Å². The van der Waals surface area contributed by atoms with Gasteiger partial charge in [0, 0.05) is 6.54 Å². The Morgan fingerprint density at radius 3 is 2.58 bits per heavy atom. The third-order valence-corrected chi connectivity index (χ3v) is 4.84. The molecule has 1 atom stereocenters. The van der Waals surface area contributed by atoms with Gasteiger partial charge in [0.25, 0.3) is 0 Å². The summed E-state index contributed by atoms with van der Waals surface area (Å²) in [5.74, 6) is 1.71. The number of thioether (sulfide) groups is 1. The second-order valence-corrected chi connectivity index (χ2v) is 8.65. The quantitative estimate of drug-likeness (QED) is 0.561. The molecule has 1 heterocycles. The molecular formula is C19H27NO5S. The molecule has 1 aliphatic rings. The second kappa shape index (κ2) is 8.20. The van der Waals surface area contributed by atoms with Crippen molar-refractivity contribution in [3.8, 4) is 11.5 Å². The molecule has 0 N–H and O–H groups in total. The summed E-state index contributed by atoms with van der Waals surface area (Å²) < 4.78 is 15.8. The van der Waals surface area contributed by atoms with E-state index in [1.165, 1.54) is 7.11 Å². The smallest absolute Gasteiger partial charge is 0.493 e. The standard InChI is InChI=1S/C19H27NO5S/c1-12(2)10-20-16(21)11-26-17(20)13-7-8-14(15(9-13)23-6)24-18(22)25-19(3,4)5/h7-9,12,17H,10-11H2,1-6H3. The lowest BCUT2D eigenvalue weighted by Crippen LogP contribution is -2.31. The molecule has 2 rings (SSSR count). The summed E-state index contributed by atoms with van der Waals surface area (Å²) in [6.45, 7) is 10.2. The summed E-state index contributed by atoms with van der Waals surface area (Å²) in [6.07, 6.45) is -0.782. The number of carbonyl (C=O) groups excluding carboxylic acids is 2. The van der Waals surface area contributed by atoms with E-state index in [0.717, 1.165) is 5.56 Å². The topological polar surface area (TPSA) is 65.1 Å². The molecule has 1 saturated heterocycles. The van der Waals surface area contributed by atoms with Crippen LogP contribution in [0.15, 0.2) is 18.2 Å². The van der Waals surface area contributed by atoms with Gasteiger partial charge in [-0.15, -0.1) is 11.8 Å². The van der Waals surface area contributed by atoms with E-state index in [0.29, 0.717) is 24.0 Å². The van der Waals surface area contributed by atoms with Crippen LogP contribution < -0.4 is 9.47 Å². The first-order chi connectivity index (χ1) is 12.1. The maximum atomic E-state index is 12.2. The van der Waals surface area contributed by atoms with Crippen molar-refractivity contribution in [3.63, 3.8) is 0 Å². The van der Waals surface area contributed by atoms with E-state index in [1.54, 1.807) is 38.6 Å². The monoisotopic (exact) mass is 381 g/mol. The lowest BCUT2D eigenvalue weighted by molar-refractivity contribution is -0.128. The number of methoxy groups -OCH3 is 1. The molecule has 1 fully saturated rings. The number of benzene rings is 1. The maximum absolute atomic E-state index is 12.2. The molecule has 1 aromatic carbocycles. The first-order valence-electron chi connectivity index (χ1n) is 8.60. The predicted octanol–water partition coefficient (Wildman–Crippen LogP) is 4.24. The Hall–Kier alpha value is -1.89. The first kappa shape index (κ1) is 20.4. The van der Waals surface area contributed by atoms with Gasteiger partial charge in [0.2, 0.25) is 5.91 Å². The van der Waals surface area contributed by atoms with Crippen LogP contribution in [0.2, 0.25) is 0 Å². The summed E-state index contributed by atoms with van der Waals surface area (Å²) in [7, 11) is 1.51. The SMILES string of the molecule is COc1cc(C2SCC(=O)N2CC(C)C)ccc1OC(=O)OC(C)(C)C. The van der Waals surface area contributed by atoms with E-state index in [9.17, 15) is 9.59 Å². The van der Waals surface area contributed by atoms with Crippen LogP contribution in [0.4, 0.5) is 4.79 Å². The summed E-state index contributed by atoms with van der Waals surface area (Å²) in [5.41, 5.74) is 0.303. The largest absolute Gasteiger partial charge is 0.514 e. The Morgan fingerprint density at radius 1 is 1.31 bits per heavy atom. The normalized spacial score (nSPS) is 17.6. The summed E-state index contributed by atoms with van der Waals surface area (Å²) in [5, 5.41) is -0.0608. The van der Waals surface area contributed by atoms with Crippen LogP contribution in [0, 0.1) is 5.92 Å². The van der Waals surface area contributed by atoms with Crippen molar-refractivity contribution in [2.45, 2.75) is 45.6 Å². The molecule has 7 heteroatoms. The van der Waals surface area contributed by atoms with Gasteiger partial charge in [0.15, 0.2) is 11.5 Å². The zero-order valence-corrected chi connectivity index (χ0v) is 17.0. The molecule has 1 unspecified atom stereocenters. The molecule has 1 aliphatic heterocycles. The van der Waals surface area contributed by atoms with Crippen LogP contribution in [0.25, 0.3) is 0 Å². The minimum absolute atomic E-state index is 0.0608. The zero-order chi connectivity index (χ0) is 19.5. The molecule has 1 amide bonds. The van der Waals surface area contributed by atoms with Gasteiger partial charge in [-0.05, 0) is 44.4 Å². The van der Waals surface area contributed by atoms with Crippen molar-refractivity contribution >= 4 is 23.8 Å². The van der Waals surface area contributed by atoms with Crippen LogP contribution in [0.5, 0.6) is 11.5 Å². The van der Waals surface area contributed by atoms with Gasteiger partial charge in [-0.1, -0.05) is 19.9 Å². The van der Waals surface area contributed by atoms with Crippen LogP contribution >= 0.6 is 11.8 Å². The van der Waals surface area contributed by atoms with Gasteiger partial charge >= 0.3 is 6.16 Å². The number of hydrogen-bond acceptors (Lipinski definition) is 6. The molecule has 0 radical (unpaired) electrons. The van der Waals surface area contributed by atoms with Crippen LogP contribution in [0.3, 0.4) is 0 Å². The average molecular weight is 381 g/mol. The molecule has 0 spiro atoms. The molecule has 0 bridgehead atoms. The van der Waals surface area contributed by atoms with Gasteiger partial charge in [0.1, 0.15) is 11.0 Å². The van der Waals surface area contributed by atoms with Crippen molar-refractivity contribution in [1.82, 2.24) is 4.90 Å². The maximum Gasteiger partial charge on any atom is 0.514 e. The average Bonchev–Trinajstić information content (AvgIpc) is 2.86. The predicted molar refractivity (Wildman–Crippen MR) is 102 cm³/mol. The summed E-state index contributed by atoms with van der Waals surface area (Å²) >= 11 is 1.59. The number of carbonyl (C=O) groups is 2. The molecule has 26 heavy (non-hydrogen) atoms. The van der Waals surface area contributed by atoms with Crippen molar-refractivity contribution in [1.29, 1.82) is 0 Å². The molecule has 144 valence electrons. The fourth-order valence-corrected chi connectivity index (χ4v) is 3.79. The van der Waals surface area contributed by atoms with E-state index in [4.69, 9.17) is 14.2 Å². The van der Waals surface area contributed by atoms with Crippen molar-refractivity contribution in [3.05, 3.63) is 23.8 Å². The first-order valence-corrected chi connectivity index (χ1v) is 9.65. The number of hydrogen-bond donors (Lipinski definition) is 0. The van der Waals surface area contributed by atoms with Gasteiger partial charge < -0.3 is 19.1 Å². The number of nitrogens with zero attached hydrogens (tertiary/aromatic N) is 1. The minimum Gasteiger partial charge on any atom is -0.493 e. The van der Waals surface area contributed by atoms with Crippen LogP contribution in [-0.4, -0.2) is 42.0 Å². The fourth-order valence-electron chi connectivity index (χ4n) is 2.60. The number of ether oxygens (including phenoxy) is 3. The highest BCUT2D eigenvalue weighted by atomic mass is 32.2. The zero-order valence-electron chi connectivity index (χ0n) is 16.2. The van der Waals surface area contributed by atoms with E-state index in [2.05, 4.69) is 13.8 Å². The molecule has 0 aliphatic carbocycles. The van der Waals surface area contributed by atoms with Crippen LogP contribution in [0.1, 0.15) is 45.6 Å². The third-order valence-electron chi connectivity index (χ3n) is 3.59. The highest BCUT2D eigenvalue weighted by molar-refractivity contribution is 8.00. The Morgan fingerprint density at radius 2 is 2.00 bits per heavy atom. The Kier molecular flexibility index (Phi) is 6.44. The van der Waals surface area contributed by atoms with E-state index < -0.39 is 11.8 Å². The van der Waals surface area contributed by atoms with E-state index >= 15 is 0 Å². The second-order valence-electron chi connectivity index (χ2n) is 7.58. The Bertz CT molecular complexity index is 668. The summed E-state index contributed by atoms with van der Waals surface area (Å²) in [6, 6.07) is 5.34. The Labute approximate surface area is 159 Å². The van der Waals surface area contributed by atoms with Crippen molar-refractivity contribution in [2.75, 3.05) is 19.4 Å². The van der Waals surface area contributed by atoms with E-state index in [1.807, 2.05) is 17.0 Å². The van der Waals surface area contributed by atoms with Crippen molar-refractivity contribution < 1.29 is 23.8 Å². The van der Waals surface area contributed by atoms with Crippen LogP contribution in [-0.2, 0) is 9.53 Å². The lowest BCUT2D eigenvalue weighted by Gasteiger charge is -2.26. The number of amides is 1. The van der Waals surface area contributed by atoms with Gasteiger partial charge in [-0.25, -0.2) is 4.79 Å². The summed E-state index contributed by atoms with van der Waals surface area (Å²) in [4.78, 5) is 26.0. The van der Waals surface area contributed by atoms with Gasteiger partial charge in [-0.2, -0.15) is 0 Å². The lowest BCUT2D eigenvalue weighted by atomic mass is 10.1. The third kappa shape index (κ3) is 5.30. The molecule has 0 saturated carbocycles. The highest BCUT2D eigenvalue weighted by Crippen LogP contribution is 2.42. The molecular weight excluding hydrogens is 354 g/mol. The highest BCUT2D eigenvalue weighted by Gasteiger charge is 2.33.